The molecule has 0 aromatic heterocycles. The molecule has 0 aliphatic carbocycles. The topological polar surface area (TPSA) is 140 Å². The third-order valence-electron chi connectivity index (χ3n) is 5.54. The van der Waals surface area contributed by atoms with Gasteiger partial charge in [-0.2, -0.15) is 0 Å². The third kappa shape index (κ3) is 14.3. The van der Waals surface area contributed by atoms with Crippen LogP contribution in [0.25, 0.3) is 0 Å². The molecule has 0 aliphatic heterocycles. The molecule has 10 heteroatoms. The van der Waals surface area contributed by atoms with Crippen molar-refractivity contribution in [1.29, 1.82) is 0 Å². The van der Waals surface area contributed by atoms with E-state index in [1.54, 1.807) is 19.9 Å². The summed E-state index contributed by atoms with van der Waals surface area (Å²) in [5, 5.41) is 0. The number of nitrogens with two attached hydrogens (primary N) is 1. The van der Waals surface area contributed by atoms with Crippen LogP contribution in [0.3, 0.4) is 0 Å². The van der Waals surface area contributed by atoms with E-state index in [2.05, 4.69) is 0 Å². The number of benzene rings is 1. The molecule has 0 radical (unpaired) electrons. The van der Waals surface area contributed by atoms with Crippen molar-refractivity contribution in [3.8, 4) is 11.5 Å². The normalized spacial score (nSPS) is 14.1. The summed E-state index contributed by atoms with van der Waals surface area (Å²) in [6.07, 6.45) is -1.55. The Morgan fingerprint density at radius 3 is 1.82 bits per heavy atom. The predicted molar refractivity (Wildman–Crippen MR) is 150 cm³/mol. The zero-order valence-electron chi connectivity index (χ0n) is 25.6. The lowest BCUT2D eigenvalue weighted by molar-refractivity contribution is -0.152. The van der Waals surface area contributed by atoms with Crippen LogP contribution >= 0.6 is 0 Å². The first kappa shape index (κ1) is 34.9. The first-order chi connectivity index (χ1) is 18.3. The van der Waals surface area contributed by atoms with Gasteiger partial charge in [0.25, 0.3) is 0 Å². The molecule has 1 unspecified atom stereocenters. The SMILES string of the molecule is CC(C)C(C)OC(=O)OC[C@H](C)OC(=O)[C@@H](N)Cc1ccc(OC(=O)CC(C)(C)C)c(OC(=O)CC(C)(C)C)c1. The minimum absolute atomic E-state index is 0.0559. The number of esters is 3. The number of hydrogen-bond acceptors (Lipinski definition) is 10. The maximum atomic E-state index is 12.6. The van der Waals surface area contributed by atoms with Crippen molar-refractivity contribution in [2.45, 2.75) is 107 Å². The Morgan fingerprint density at radius 2 is 1.32 bits per heavy atom. The van der Waals surface area contributed by atoms with Gasteiger partial charge in [0.05, 0.1) is 12.8 Å². The molecular formula is C30H47NO9. The lowest BCUT2D eigenvalue weighted by atomic mass is 9.92. The molecule has 0 saturated heterocycles. The molecule has 40 heavy (non-hydrogen) atoms. The summed E-state index contributed by atoms with van der Waals surface area (Å²) in [6, 6.07) is 3.61. The van der Waals surface area contributed by atoms with Crippen LogP contribution in [-0.2, 0) is 35.0 Å². The van der Waals surface area contributed by atoms with Crippen molar-refractivity contribution in [3.05, 3.63) is 23.8 Å². The number of carbonyl (C=O) groups is 4. The number of rotatable bonds is 12. The summed E-state index contributed by atoms with van der Waals surface area (Å²) in [5.41, 5.74) is 6.04. The Kier molecular flexibility index (Phi) is 13.1. The summed E-state index contributed by atoms with van der Waals surface area (Å²) >= 11 is 0. The molecule has 3 atom stereocenters. The van der Waals surface area contributed by atoms with Crippen molar-refractivity contribution in [1.82, 2.24) is 0 Å². The van der Waals surface area contributed by atoms with Crippen LogP contribution in [0.15, 0.2) is 18.2 Å². The van der Waals surface area contributed by atoms with Crippen molar-refractivity contribution < 1.29 is 42.9 Å². The van der Waals surface area contributed by atoms with Gasteiger partial charge in [0.1, 0.15) is 24.9 Å². The van der Waals surface area contributed by atoms with Crippen molar-refractivity contribution >= 4 is 24.1 Å². The van der Waals surface area contributed by atoms with Gasteiger partial charge < -0.3 is 29.4 Å². The summed E-state index contributed by atoms with van der Waals surface area (Å²) in [5.74, 6) is -1.37. The summed E-state index contributed by atoms with van der Waals surface area (Å²) in [7, 11) is 0. The quantitative estimate of drug-likeness (QED) is 0.260. The lowest BCUT2D eigenvalue weighted by Crippen LogP contribution is -2.37. The second-order valence-electron chi connectivity index (χ2n) is 12.9. The molecule has 1 aromatic rings. The Morgan fingerprint density at radius 1 is 0.800 bits per heavy atom. The van der Waals surface area contributed by atoms with E-state index in [9.17, 15) is 19.2 Å². The van der Waals surface area contributed by atoms with Crippen LogP contribution in [-0.4, -0.2) is 48.9 Å². The van der Waals surface area contributed by atoms with E-state index in [0.717, 1.165) is 0 Å². The van der Waals surface area contributed by atoms with E-state index in [1.807, 2.05) is 55.4 Å². The minimum atomic E-state index is -1.05. The van der Waals surface area contributed by atoms with Gasteiger partial charge in [-0.3, -0.25) is 14.4 Å². The van der Waals surface area contributed by atoms with Gasteiger partial charge in [0.2, 0.25) is 0 Å². The highest BCUT2D eigenvalue weighted by atomic mass is 16.7. The highest BCUT2D eigenvalue weighted by Crippen LogP contribution is 2.32. The molecular weight excluding hydrogens is 518 g/mol. The van der Waals surface area contributed by atoms with E-state index in [0.29, 0.717) is 5.56 Å². The first-order valence-corrected chi connectivity index (χ1v) is 13.6. The second kappa shape index (κ2) is 15.0. The molecule has 0 heterocycles. The molecule has 0 saturated carbocycles. The molecule has 0 spiro atoms. The van der Waals surface area contributed by atoms with Gasteiger partial charge in [0.15, 0.2) is 11.5 Å². The largest absolute Gasteiger partial charge is 0.508 e. The molecule has 2 N–H and O–H groups in total. The summed E-state index contributed by atoms with van der Waals surface area (Å²) < 4.78 is 26.5. The first-order valence-electron chi connectivity index (χ1n) is 13.6. The molecule has 10 nitrogen and oxygen atoms in total. The fraction of sp³-hybridized carbons (Fsp3) is 0.667. The molecule has 0 fully saturated rings. The zero-order valence-corrected chi connectivity index (χ0v) is 25.6. The van der Waals surface area contributed by atoms with Gasteiger partial charge in [-0.1, -0.05) is 61.5 Å². The standard InChI is InChI=1S/C30H47NO9/c1-18(2)20(4)38-28(35)36-17-19(3)37-27(34)22(31)13-21-11-12-23(39-25(32)15-29(5,6)7)24(14-21)40-26(33)16-30(8,9)10/h11-12,14,18-20,22H,13,15-17,31H2,1-10H3/t19-,20?,22-/m0/s1. The predicted octanol–water partition coefficient (Wildman–Crippen LogP) is 5.37. The van der Waals surface area contributed by atoms with Gasteiger partial charge in [0, 0.05) is 0 Å². The zero-order chi connectivity index (χ0) is 30.8. The Bertz CT molecular complexity index is 1020. The average Bonchev–Trinajstić information content (AvgIpc) is 2.76. The van der Waals surface area contributed by atoms with Crippen molar-refractivity contribution in [2.24, 2.45) is 22.5 Å². The van der Waals surface area contributed by atoms with Gasteiger partial charge in [-0.05, 0) is 54.7 Å². The molecule has 0 amide bonds. The maximum Gasteiger partial charge on any atom is 0.508 e. The van der Waals surface area contributed by atoms with E-state index in [1.165, 1.54) is 12.1 Å². The fourth-order valence-corrected chi connectivity index (χ4v) is 3.19. The molecule has 1 aromatic carbocycles. The monoisotopic (exact) mass is 565 g/mol. The van der Waals surface area contributed by atoms with Gasteiger partial charge in [-0.15, -0.1) is 0 Å². The van der Waals surface area contributed by atoms with E-state index in [4.69, 9.17) is 29.4 Å². The maximum absolute atomic E-state index is 12.6. The second-order valence-corrected chi connectivity index (χ2v) is 12.9. The van der Waals surface area contributed by atoms with Crippen molar-refractivity contribution in [2.75, 3.05) is 6.61 Å². The molecule has 1 rings (SSSR count). The number of ether oxygens (including phenoxy) is 5. The Hall–Kier alpha value is -3.14. The van der Waals surface area contributed by atoms with Crippen LogP contribution in [0, 0.1) is 16.7 Å². The van der Waals surface area contributed by atoms with E-state index >= 15 is 0 Å². The van der Waals surface area contributed by atoms with Crippen LogP contribution in [0.4, 0.5) is 4.79 Å². The van der Waals surface area contributed by atoms with Crippen LogP contribution < -0.4 is 15.2 Å². The van der Waals surface area contributed by atoms with Crippen LogP contribution in [0.1, 0.15) is 87.6 Å². The van der Waals surface area contributed by atoms with E-state index in [-0.39, 0.29) is 60.2 Å². The molecule has 226 valence electrons. The number of carbonyl (C=O) groups excluding carboxylic acids is 4. The third-order valence-corrected chi connectivity index (χ3v) is 5.54. The van der Waals surface area contributed by atoms with Gasteiger partial charge >= 0.3 is 24.1 Å². The van der Waals surface area contributed by atoms with Gasteiger partial charge in [-0.25, -0.2) is 4.79 Å². The van der Waals surface area contributed by atoms with Crippen LogP contribution in [0.2, 0.25) is 0 Å². The fourth-order valence-electron chi connectivity index (χ4n) is 3.19. The summed E-state index contributed by atoms with van der Waals surface area (Å²) in [4.78, 5) is 49.4. The molecule has 0 aliphatic rings. The highest BCUT2D eigenvalue weighted by Gasteiger charge is 2.24. The highest BCUT2D eigenvalue weighted by molar-refractivity contribution is 5.78. The Balaban J connectivity index is 2.89. The minimum Gasteiger partial charge on any atom is -0.458 e. The van der Waals surface area contributed by atoms with Crippen LogP contribution in [0.5, 0.6) is 11.5 Å². The van der Waals surface area contributed by atoms with Crippen molar-refractivity contribution in [3.63, 3.8) is 0 Å². The average molecular weight is 566 g/mol. The smallest absolute Gasteiger partial charge is 0.458 e. The molecule has 0 bridgehead atoms. The van der Waals surface area contributed by atoms with E-state index < -0.39 is 36.2 Å². The number of hydrogen-bond donors (Lipinski definition) is 1. The lowest BCUT2D eigenvalue weighted by Gasteiger charge is -2.20. The Labute approximate surface area is 238 Å². The summed E-state index contributed by atoms with van der Waals surface area (Å²) in [6.45, 7) is 18.4.